The third kappa shape index (κ3) is 5.46. The van der Waals surface area contributed by atoms with E-state index in [4.69, 9.17) is 9.47 Å². The van der Waals surface area contributed by atoms with Gasteiger partial charge >= 0.3 is 0 Å². The maximum absolute atomic E-state index is 13.4. The minimum Gasteiger partial charge on any atom is -0.490 e. The molecule has 0 aromatic heterocycles. The van der Waals surface area contributed by atoms with E-state index in [1.165, 1.54) is 18.2 Å². The van der Waals surface area contributed by atoms with Crippen LogP contribution in [0.3, 0.4) is 0 Å². The van der Waals surface area contributed by atoms with E-state index in [1.807, 2.05) is 13.8 Å². The number of rotatable bonds is 8. The number of halogens is 2. The predicted molar refractivity (Wildman–Crippen MR) is 100 cm³/mol. The molecule has 0 fully saturated rings. The first-order chi connectivity index (χ1) is 12.0. The van der Waals surface area contributed by atoms with Crippen molar-refractivity contribution in [3.63, 3.8) is 0 Å². The van der Waals surface area contributed by atoms with Gasteiger partial charge in [-0.15, -0.1) is 0 Å². The van der Waals surface area contributed by atoms with Crippen molar-refractivity contribution in [1.82, 2.24) is 0 Å². The molecule has 0 atom stereocenters. The summed E-state index contributed by atoms with van der Waals surface area (Å²) >= 11 is 3.26. The Morgan fingerprint density at radius 3 is 2.40 bits per heavy atom. The Bertz CT molecular complexity index is 737. The van der Waals surface area contributed by atoms with Gasteiger partial charge in [-0.2, -0.15) is 0 Å². The number of ether oxygens (including phenoxy) is 2. The van der Waals surface area contributed by atoms with Crippen LogP contribution in [0.15, 0.2) is 40.9 Å². The van der Waals surface area contributed by atoms with E-state index >= 15 is 0 Å². The minimum atomic E-state index is -0.469. The predicted octanol–water partition coefficient (Wildman–Crippen LogP) is 5.42. The normalized spacial score (nSPS) is 10.4. The zero-order valence-corrected chi connectivity index (χ0v) is 15.9. The van der Waals surface area contributed by atoms with Gasteiger partial charge in [-0.25, -0.2) is 4.39 Å². The first-order valence-electron chi connectivity index (χ1n) is 8.21. The second-order valence-corrected chi connectivity index (χ2v) is 6.29. The summed E-state index contributed by atoms with van der Waals surface area (Å²) in [5.41, 5.74) is 0.776. The van der Waals surface area contributed by atoms with Crippen molar-refractivity contribution in [1.29, 1.82) is 0 Å². The van der Waals surface area contributed by atoms with Crippen molar-refractivity contribution in [3.05, 3.63) is 52.3 Å². The summed E-state index contributed by atoms with van der Waals surface area (Å²) in [6.45, 7) is 5.18. The number of anilines is 1. The fraction of sp³-hybridized carbons (Fsp3) is 0.316. The number of carbonyl (C=O) groups excluding carboxylic acids is 1. The maximum Gasteiger partial charge on any atom is 0.256 e. The van der Waals surface area contributed by atoms with Crippen LogP contribution in [0.2, 0.25) is 0 Å². The highest BCUT2D eigenvalue weighted by molar-refractivity contribution is 9.10. The van der Waals surface area contributed by atoms with Gasteiger partial charge in [-0.3, -0.25) is 4.79 Å². The topological polar surface area (TPSA) is 47.6 Å². The molecule has 2 rings (SSSR count). The molecule has 0 aliphatic heterocycles. The van der Waals surface area contributed by atoms with Crippen LogP contribution in [0.5, 0.6) is 11.5 Å². The number of nitrogens with one attached hydrogen (secondary N) is 1. The number of hydrogen-bond acceptors (Lipinski definition) is 3. The monoisotopic (exact) mass is 409 g/mol. The van der Waals surface area contributed by atoms with E-state index in [0.29, 0.717) is 34.9 Å². The Morgan fingerprint density at radius 1 is 1.04 bits per heavy atom. The molecule has 25 heavy (non-hydrogen) atoms. The second-order valence-electron chi connectivity index (χ2n) is 5.44. The molecule has 0 radical (unpaired) electrons. The molecule has 0 saturated heterocycles. The Balaban J connectivity index is 2.20. The average Bonchev–Trinajstić information content (AvgIpc) is 2.61. The van der Waals surface area contributed by atoms with E-state index < -0.39 is 11.7 Å². The zero-order valence-electron chi connectivity index (χ0n) is 14.3. The summed E-state index contributed by atoms with van der Waals surface area (Å²) < 4.78 is 25.3. The first kappa shape index (κ1) is 19.2. The lowest BCUT2D eigenvalue weighted by atomic mass is 10.2. The van der Waals surface area contributed by atoms with Crippen molar-refractivity contribution in [2.45, 2.75) is 26.7 Å². The molecule has 2 aromatic rings. The third-order valence-electron chi connectivity index (χ3n) is 3.30. The van der Waals surface area contributed by atoms with Crippen molar-refractivity contribution < 1.29 is 18.7 Å². The Morgan fingerprint density at radius 2 is 1.72 bits per heavy atom. The number of amides is 1. The molecule has 1 N–H and O–H groups in total. The Kier molecular flexibility index (Phi) is 7.25. The molecule has 0 heterocycles. The van der Waals surface area contributed by atoms with Gasteiger partial charge in [0.15, 0.2) is 11.5 Å². The lowest BCUT2D eigenvalue weighted by Crippen LogP contribution is -2.13. The Hall–Kier alpha value is -2.08. The molecular weight excluding hydrogens is 389 g/mol. The minimum absolute atomic E-state index is 0.224. The van der Waals surface area contributed by atoms with Crippen molar-refractivity contribution in [3.8, 4) is 11.5 Å². The van der Waals surface area contributed by atoms with Crippen molar-refractivity contribution in [2.24, 2.45) is 0 Å². The number of carbonyl (C=O) groups is 1. The number of hydrogen-bond donors (Lipinski definition) is 1. The highest BCUT2D eigenvalue weighted by atomic mass is 79.9. The maximum atomic E-state index is 13.4. The van der Waals surface area contributed by atoms with Crippen LogP contribution in [-0.4, -0.2) is 19.1 Å². The third-order valence-corrected chi connectivity index (χ3v) is 3.99. The van der Waals surface area contributed by atoms with Gasteiger partial charge < -0.3 is 14.8 Å². The van der Waals surface area contributed by atoms with Gasteiger partial charge in [0, 0.05) is 16.2 Å². The van der Waals surface area contributed by atoms with Gasteiger partial charge in [0.1, 0.15) is 5.82 Å². The summed E-state index contributed by atoms with van der Waals surface area (Å²) in [5.74, 6) is 0.338. The molecule has 6 heteroatoms. The summed E-state index contributed by atoms with van der Waals surface area (Å²) in [7, 11) is 0. The van der Waals surface area contributed by atoms with Gasteiger partial charge in [0.2, 0.25) is 0 Å². The van der Waals surface area contributed by atoms with Crippen LogP contribution in [0.4, 0.5) is 10.1 Å². The lowest BCUT2D eigenvalue weighted by molar-refractivity contribution is 0.102. The second kappa shape index (κ2) is 9.42. The summed E-state index contributed by atoms with van der Waals surface area (Å²) in [4.78, 5) is 12.4. The highest BCUT2D eigenvalue weighted by Gasteiger charge is 2.13. The van der Waals surface area contributed by atoms with Crippen LogP contribution in [0, 0.1) is 5.82 Å². The fourth-order valence-corrected chi connectivity index (χ4v) is 2.54. The molecule has 2 aromatic carbocycles. The van der Waals surface area contributed by atoms with Gasteiger partial charge in [0.05, 0.1) is 18.8 Å². The highest BCUT2D eigenvalue weighted by Crippen LogP contribution is 2.31. The molecule has 0 bridgehead atoms. The molecule has 0 aliphatic carbocycles. The molecular formula is C19H21BrFNO3. The zero-order chi connectivity index (χ0) is 18.2. The van der Waals surface area contributed by atoms with E-state index in [2.05, 4.69) is 21.2 Å². The van der Waals surface area contributed by atoms with E-state index in [0.717, 1.165) is 12.8 Å². The van der Waals surface area contributed by atoms with Crippen LogP contribution in [0.1, 0.15) is 37.0 Å². The fourth-order valence-electron chi connectivity index (χ4n) is 2.11. The lowest BCUT2D eigenvalue weighted by Gasteiger charge is -2.14. The number of benzene rings is 2. The van der Waals surface area contributed by atoms with Crippen LogP contribution in [-0.2, 0) is 0 Å². The quantitative estimate of drug-likeness (QED) is 0.633. The largest absolute Gasteiger partial charge is 0.490 e. The van der Waals surface area contributed by atoms with Crippen LogP contribution < -0.4 is 14.8 Å². The van der Waals surface area contributed by atoms with Gasteiger partial charge in [-0.05, 0) is 59.1 Å². The summed E-state index contributed by atoms with van der Waals surface area (Å²) in [5, 5.41) is 2.76. The molecule has 134 valence electrons. The van der Waals surface area contributed by atoms with Crippen molar-refractivity contribution >= 4 is 27.5 Å². The SMILES string of the molecule is CCCOc1ccc(NC(=O)c2cc(F)ccc2Br)cc1OCCC. The smallest absolute Gasteiger partial charge is 0.256 e. The average molecular weight is 410 g/mol. The van der Waals surface area contributed by atoms with Crippen LogP contribution >= 0.6 is 15.9 Å². The van der Waals surface area contributed by atoms with Crippen molar-refractivity contribution in [2.75, 3.05) is 18.5 Å². The van der Waals surface area contributed by atoms with Gasteiger partial charge in [-0.1, -0.05) is 13.8 Å². The molecule has 0 spiro atoms. The molecule has 0 unspecified atom stereocenters. The molecule has 0 saturated carbocycles. The summed E-state index contributed by atoms with van der Waals surface area (Å²) in [6.07, 6.45) is 1.75. The summed E-state index contributed by atoms with van der Waals surface area (Å²) in [6, 6.07) is 9.18. The first-order valence-corrected chi connectivity index (χ1v) is 9.00. The van der Waals surface area contributed by atoms with Gasteiger partial charge in [0.25, 0.3) is 5.91 Å². The molecule has 1 amide bonds. The van der Waals surface area contributed by atoms with E-state index in [9.17, 15) is 9.18 Å². The van der Waals surface area contributed by atoms with E-state index in [-0.39, 0.29) is 5.56 Å². The molecule has 0 aliphatic rings. The van der Waals surface area contributed by atoms with E-state index in [1.54, 1.807) is 18.2 Å². The standard InChI is InChI=1S/C19H21BrFNO3/c1-3-9-24-17-8-6-14(12-18(17)25-10-4-2)22-19(23)15-11-13(21)5-7-16(15)20/h5-8,11-12H,3-4,9-10H2,1-2H3,(H,22,23). The molecule has 4 nitrogen and oxygen atoms in total. The van der Waals surface area contributed by atoms with Crippen LogP contribution in [0.25, 0.3) is 0 Å². The Labute approximate surface area is 155 Å².